The van der Waals surface area contributed by atoms with Gasteiger partial charge >= 0.3 is 5.97 Å². The smallest absolute Gasteiger partial charge is 0.340 e. The zero-order valence-corrected chi connectivity index (χ0v) is 8.15. The van der Waals surface area contributed by atoms with Crippen molar-refractivity contribution in [1.29, 1.82) is 0 Å². The molecule has 0 saturated carbocycles. The van der Waals surface area contributed by atoms with E-state index in [1.54, 1.807) is 19.2 Å². The second-order valence-corrected chi connectivity index (χ2v) is 2.81. The van der Waals surface area contributed by atoms with Crippen molar-refractivity contribution < 1.29 is 9.53 Å². The summed E-state index contributed by atoms with van der Waals surface area (Å²) in [7, 11) is 0. The van der Waals surface area contributed by atoms with Crippen LogP contribution in [0.15, 0.2) is 18.6 Å². The van der Waals surface area contributed by atoms with Crippen molar-refractivity contribution in [2.45, 2.75) is 6.92 Å². The van der Waals surface area contributed by atoms with Crippen LogP contribution in [0.2, 0.25) is 0 Å². The summed E-state index contributed by atoms with van der Waals surface area (Å²) < 4.78 is 4.90. The van der Waals surface area contributed by atoms with Gasteiger partial charge in [0.05, 0.1) is 12.2 Å². The van der Waals surface area contributed by atoms with Crippen molar-refractivity contribution in [3.05, 3.63) is 24.2 Å². The monoisotopic (exact) mass is 206 g/mol. The number of carbonyl (C=O) groups excluding carboxylic acids is 1. The maximum absolute atomic E-state index is 11.5. The molecular weight excluding hydrogens is 196 g/mol. The number of ether oxygens (including phenoxy) is 1. The van der Waals surface area contributed by atoms with Gasteiger partial charge in [-0.05, 0) is 13.0 Å². The Bertz CT molecular complexity index is 446. The first kappa shape index (κ1) is 9.45. The number of nitrogens with zero attached hydrogens (tertiary/aromatic N) is 2. The molecule has 0 aliphatic heterocycles. The minimum Gasteiger partial charge on any atom is -0.462 e. The molecule has 2 N–H and O–H groups in total. The second kappa shape index (κ2) is 3.95. The van der Waals surface area contributed by atoms with Crippen LogP contribution in [0.5, 0.6) is 0 Å². The Balaban J connectivity index is 2.34. The Morgan fingerprint density at radius 2 is 2.47 bits per heavy atom. The van der Waals surface area contributed by atoms with Crippen LogP contribution >= 0.6 is 0 Å². The van der Waals surface area contributed by atoms with E-state index in [4.69, 9.17) is 4.74 Å². The lowest BCUT2D eigenvalue weighted by Gasteiger charge is -2.00. The number of nitrogens with one attached hydrogen (secondary N) is 2. The van der Waals surface area contributed by atoms with Crippen molar-refractivity contribution in [2.75, 3.05) is 6.61 Å². The quantitative estimate of drug-likeness (QED) is 0.733. The summed E-state index contributed by atoms with van der Waals surface area (Å²) in [6.45, 7) is 2.11. The molecule has 15 heavy (non-hydrogen) atoms. The molecule has 2 aromatic heterocycles. The average molecular weight is 206 g/mol. The van der Waals surface area contributed by atoms with E-state index in [2.05, 4.69) is 20.2 Å². The van der Waals surface area contributed by atoms with Crippen LogP contribution in [0.3, 0.4) is 0 Å². The van der Waals surface area contributed by atoms with Gasteiger partial charge in [0, 0.05) is 6.20 Å². The summed E-state index contributed by atoms with van der Waals surface area (Å²) in [5.74, 6) is 0.0709. The molecule has 0 spiro atoms. The van der Waals surface area contributed by atoms with Gasteiger partial charge in [-0.1, -0.05) is 0 Å². The van der Waals surface area contributed by atoms with Gasteiger partial charge in [-0.15, -0.1) is 0 Å². The van der Waals surface area contributed by atoms with Gasteiger partial charge in [-0.3, -0.25) is 5.10 Å². The molecule has 0 saturated heterocycles. The number of esters is 1. The lowest BCUT2D eigenvalue weighted by molar-refractivity contribution is 0.0527. The Morgan fingerprint density at radius 3 is 3.13 bits per heavy atom. The summed E-state index contributed by atoms with van der Waals surface area (Å²) in [5, 5.41) is 6.47. The molecule has 0 amide bonds. The van der Waals surface area contributed by atoms with Crippen molar-refractivity contribution in [1.82, 2.24) is 20.2 Å². The van der Waals surface area contributed by atoms with Gasteiger partial charge in [0.15, 0.2) is 5.82 Å². The van der Waals surface area contributed by atoms with E-state index in [9.17, 15) is 4.79 Å². The van der Waals surface area contributed by atoms with Crippen molar-refractivity contribution >= 4 is 5.97 Å². The fourth-order valence-corrected chi connectivity index (χ4v) is 1.26. The van der Waals surface area contributed by atoms with Crippen LogP contribution in [-0.4, -0.2) is 32.7 Å². The molecule has 0 unspecified atom stereocenters. The third-order valence-corrected chi connectivity index (χ3v) is 1.88. The maximum atomic E-state index is 11.5. The van der Waals surface area contributed by atoms with E-state index >= 15 is 0 Å². The van der Waals surface area contributed by atoms with Gasteiger partial charge in [0.25, 0.3) is 0 Å². The summed E-state index contributed by atoms with van der Waals surface area (Å²) in [5.41, 5.74) is 1.01. The lowest BCUT2D eigenvalue weighted by atomic mass is 10.2. The van der Waals surface area contributed by atoms with E-state index in [1.807, 2.05) is 0 Å². The number of aromatic nitrogens is 4. The van der Waals surface area contributed by atoms with Gasteiger partial charge in [-0.2, -0.15) is 5.10 Å². The number of hydrogen-bond donors (Lipinski definition) is 2. The van der Waals surface area contributed by atoms with Crippen LogP contribution in [0, 0.1) is 0 Å². The molecule has 78 valence electrons. The highest BCUT2D eigenvalue weighted by atomic mass is 16.5. The zero-order valence-electron chi connectivity index (χ0n) is 8.15. The number of carbonyl (C=O) groups is 1. The number of aromatic amines is 2. The normalized spacial score (nSPS) is 10.2. The van der Waals surface area contributed by atoms with E-state index in [-0.39, 0.29) is 5.97 Å². The highest BCUT2D eigenvalue weighted by Crippen LogP contribution is 2.18. The predicted octanol–water partition coefficient (Wildman–Crippen LogP) is 0.976. The zero-order chi connectivity index (χ0) is 10.7. The molecular formula is C9H10N4O2. The van der Waals surface area contributed by atoms with E-state index in [0.717, 1.165) is 0 Å². The average Bonchev–Trinajstić information content (AvgIpc) is 2.88. The summed E-state index contributed by atoms with van der Waals surface area (Å²) >= 11 is 0. The molecule has 2 heterocycles. The topological polar surface area (TPSA) is 83.7 Å². The SMILES string of the molecule is CCOC(=O)c1cc[nH]c1-c1nc[nH]n1. The molecule has 0 aliphatic carbocycles. The summed E-state index contributed by atoms with van der Waals surface area (Å²) in [6, 6.07) is 1.64. The first-order valence-corrected chi connectivity index (χ1v) is 4.53. The van der Waals surface area contributed by atoms with Crippen LogP contribution < -0.4 is 0 Å². The number of H-pyrrole nitrogens is 2. The van der Waals surface area contributed by atoms with Crippen molar-refractivity contribution in [2.24, 2.45) is 0 Å². The minimum atomic E-state index is -0.376. The lowest BCUT2D eigenvalue weighted by Crippen LogP contribution is -2.05. The number of hydrogen-bond acceptors (Lipinski definition) is 4. The summed E-state index contributed by atoms with van der Waals surface area (Å²) in [4.78, 5) is 18.4. The molecule has 0 bridgehead atoms. The largest absolute Gasteiger partial charge is 0.462 e. The van der Waals surface area contributed by atoms with Crippen LogP contribution in [0.1, 0.15) is 17.3 Å². The molecule has 0 aliphatic rings. The van der Waals surface area contributed by atoms with E-state index in [1.165, 1.54) is 6.33 Å². The van der Waals surface area contributed by atoms with Crippen molar-refractivity contribution in [3.8, 4) is 11.5 Å². The fourth-order valence-electron chi connectivity index (χ4n) is 1.26. The maximum Gasteiger partial charge on any atom is 0.340 e. The Hall–Kier alpha value is -2.11. The van der Waals surface area contributed by atoms with Gasteiger partial charge in [0.1, 0.15) is 12.0 Å². The minimum absolute atomic E-state index is 0.345. The Kier molecular flexibility index (Phi) is 2.49. The van der Waals surface area contributed by atoms with Crippen LogP contribution in [-0.2, 0) is 4.74 Å². The first-order valence-electron chi connectivity index (χ1n) is 4.53. The van der Waals surface area contributed by atoms with Crippen molar-refractivity contribution in [3.63, 3.8) is 0 Å². The fraction of sp³-hybridized carbons (Fsp3) is 0.222. The third kappa shape index (κ3) is 1.74. The third-order valence-electron chi connectivity index (χ3n) is 1.88. The van der Waals surface area contributed by atoms with Gasteiger partial charge in [0.2, 0.25) is 0 Å². The molecule has 2 rings (SSSR count). The van der Waals surface area contributed by atoms with Gasteiger partial charge in [-0.25, -0.2) is 9.78 Å². The first-order chi connectivity index (χ1) is 7.33. The standard InChI is InChI=1S/C9H10N4O2/c1-2-15-9(14)6-3-4-10-7(6)8-11-5-12-13-8/h3-5,10H,2H2,1H3,(H,11,12,13). The van der Waals surface area contributed by atoms with E-state index < -0.39 is 0 Å². The summed E-state index contributed by atoms with van der Waals surface area (Å²) in [6.07, 6.45) is 3.10. The highest BCUT2D eigenvalue weighted by Gasteiger charge is 2.16. The molecule has 6 nitrogen and oxygen atoms in total. The molecule has 0 fully saturated rings. The van der Waals surface area contributed by atoms with Crippen LogP contribution in [0.25, 0.3) is 11.5 Å². The molecule has 0 radical (unpaired) electrons. The van der Waals surface area contributed by atoms with Crippen LogP contribution in [0.4, 0.5) is 0 Å². The molecule has 6 heteroatoms. The molecule has 2 aromatic rings. The molecule has 0 atom stereocenters. The number of rotatable bonds is 3. The second-order valence-electron chi connectivity index (χ2n) is 2.81. The Morgan fingerprint density at radius 1 is 1.60 bits per heavy atom. The van der Waals surface area contributed by atoms with Gasteiger partial charge < -0.3 is 9.72 Å². The Labute approximate surface area is 85.7 Å². The predicted molar refractivity (Wildman–Crippen MR) is 52.1 cm³/mol. The van der Waals surface area contributed by atoms with E-state index in [0.29, 0.717) is 23.7 Å². The highest BCUT2D eigenvalue weighted by molar-refractivity contribution is 5.95. The molecule has 0 aromatic carbocycles.